The van der Waals surface area contributed by atoms with Gasteiger partial charge in [-0.2, -0.15) is 13.2 Å². The second-order valence-electron chi connectivity index (χ2n) is 4.68. The lowest BCUT2D eigenvalue weighted by Crippen LogP contribution is -2.59. The van der Waals surface area contributed by atoms with Gasteiger partial charge in [-0.05, 0) is 31.5 Å². The van der Waals surface area contributed by atoms with Crippen molar-refractivity contribution in [1.82, 2.24) is 0 Å². The number of hydrogen-bond donors (Lipinski definition) is 3. The first-order valence-corrected chi connectivity index (χ1v) is 7.12. The third-order valence-electron chi connectivity index (χ3n) is 2.85. The number of aryl methyl sites for hydroxylation is 1. The molecule has 1 rings (SSSR count). The molecule has 0 saturated heterocycles. The fraction of sp³-hybridized carbons (Fsp3) is 0.364. The number of nitrogens with one attached hydrogen (secondary N) is 1. The zero-order chi connectivity index (χ0) is 16.6. The first kappa shape index (κ1) is 17.4. The molecule has 0 bridgehead atoms. The molecule has 0 fully saturated rings. The van der Waals surface area contributed by atoms with Crippen LogP contribution in [0, 0.1) is 6.92 Å². The largest absolute Gasteiger partial charge is 0.415 e. The highest BCUT2D eigenvalue weighted by Gasteiger charge is 2.54. The van der Waals surface area contributed by atoms with E-state index >= 15 is 0 Å². The molecule has 10 heteroatoms. The molecule has 0 aliphatic heterocycles. The quantitative estimate of drug-likeness (QED) is 0.764. The zero-order valence-electron chi connectivity index (χ0n) is 11.2. The van der Waals surface area contributed by atoms with E-state index in [0.717, 1.165) is 6.07 Å². The lowest BCUT2D eigenvalue weighted by molar-refractivity contribution is -0.184. The Morgan fingerprint density at radius 1 is 1.29 bits per heavy atom. The highest BCUT2D eigenvalue weighted by molar-refractivity contribution is 7.89. The monoisotopic (exact) mass is 325 g/mol. The zero-order valence-corrected chi connectivity index (χ0v) is 12.0. The second kappa shape index (κ2) is 5.28. The van der Waals surface area contributed by atoms with Gasteiger partial charge in [0.25, 0.3) is 5.91 Å². The van der Waals surface area contributed by atoms with E-state index in [9.17, 15) is 26.4 Å². The normalized spacial score (nSPS) is 15.4. The number of halogens is 3. The molecule has 0 aliphatic carbocycles. The summed E-state index contributed by atoms with van der Waals surface area (Å²) < 4.78 is 60.4. The Hall–Kier alpha value is -1.65. The summed E-state index contributed by atoms with van der Waals surface area (Å²) in [4.78, 5) is 11.3. The molecule has 1 aromatic rings. The van der Waals surface area contributed by atoms with E-state index in [1.807, 2.05) is 5.32 Å². The molecule has 0 radical (unpaired) electrons. The molecule has 118 valence electrons. The van der Waals surface area contributed by atoms with Crippen LogP contribution in [0.1, 0.15) is 12.5 Å². The number of benzene rings is 1. The molecule has 21 heavy (non-hydrogen) atoms. The van der Waals surface area contributed by atoms with Crippen LogP contribution < -0.4 is 16.2 Å². The Morgan fingerprint density at radius 2 is 1.81 bits per heavy atom. The summed E-state index contributed by atoms with van der Waals surface area (Å²) in [5.74, 6) is -1.51. The Kier molecular flexibility index (Phi) is 4.37. The van der Waals surface area contributed by atoms with Gasteiger partial charge in [-0.1, -0.05) is 6.07 Å². The summed E-state index contributed by atoms with van der Waals surface area (Å²) in [5.41, 5.74) is 2.10. The predicted molar refractivity (Wildman–Crippen MR) is 69.8 cm³/mol. The average Bonchev–Trinajstić information content (AvgIpc) is 2.28. The van der Waals surface area contributed by atoms with Crippen LogP contribution in [0.2, 0.25) is 0 Å². The van der Waals surface area contributed by atoms with Gasteiger partial charge in [0.05, 0.1) is 4.90 Å². The third kappa shape index (κ3) is 3.71. The maximum atomic E-state index is 12.7. The van der Waals surface area contributed by atoms with Gasteiger partial charge < -0.3 is 11.1 Å². The van der Waals surface area contributed by atoms with Gasteiger partial charge in [0.2, 0.25) is 10.0 Å². The molecule has 0 spiro atoms. The van der Waals surface area contributed by atoms with Crippen molar-refractivity contribution < 1.29 is 26.4 Å². The van der Waals surface area contributed by atoms with Crippen molar-refractivity contribution in [2.75, 3.05) is 5.32 Å². The first-order valence-electron chi connectivity index (χ1n) is 5.57. The van der Waals surface area contributed by atoms with Crippen LogP contribution in [-0.2, 0) is 14.8 Å². The van der Waals surface area contributed by atoms with Crippen molar-refractivity contribution >= 4 is 21.6 Å². The number of carbonyl (C=O) groups excluding carboxylic acids is 1. The van der Waals surface area contributed by atoms with Crippen LogP contribution in [-0.4, -0.2) is 26.0 Å². The number of amides is 1. The van der Waals surface area contributed by atoms with E-state index in [1.54, 1.807) is 0 Å². The Labute approximate surface area is 119 Å². The van der Waals surface area contributed by atoms with Crippen molar-refractivity contribution in [3.05, 3.63) is 23.8 Å². The van der Waals surface area contributed by atoms with E-state index in [0.29, 0.717) is 12.5 Å². The molecule has 0 heterocycles. The molecule has 1 aromatic carbocycles. The first-order chi connectivity index (χ1) is 9.26. The van der Waals surface area contributed by atoms with Gasteiger partial charge in [0.1, 0.15) is 0 Å². The van der Waals surface area contributed by atoms with Gasteiger partial charge in [-0.15, -0.1) is 0 Å². The SMILES string of the molecule is Cc1ccc(S(N)(=O)=O)cc1NC(=O)C(C)(N)C(F)(F)F. The van der Waals surface area contributed by atoms with Crippen molar-refractivity contribution in [3.63, 3.8) is 0 Å². The Balaban J connectivity index is 3.18. The topological polar surface area (TPSA) is 115 Å². The molecule has 0 aromatic heterocycles. The molecule has 0 saturated carbocycles. The van der Waals surface area contributed by atoms with Crippen LogP contribution in [0.25, 0.3) is 0 Å². The molecule has 1 unspecified atom stereocenters. The summed E-state index contributed by atoms with van der Waals surface area (Å²) in [7, 11) is -4.05. The number of alkyl halides is 3. The highest BCUT2D eigenvalue weighted by Crippen LogP contribution is 2.29. The van der Waals surface area contributed by atoms with Crippen molar-refractivity contribution in [2.45, 2.75) is 30.5 Å². The molecule has 0 aliphatic rings. The standard InChI is InChI=1S/C11H14F3N3O3S/c1-6-3-4-7(21(16,19)20)5-8(6)17-9(18)10(2,15)11(12,13)14/h3-5H,15H2,1-2H3,(H,17,18)(H2,16,19,20). The number of nitrogens with two attached hydrogens (primary N) is 2. The van der Waals surface area contributed by atoms with Gasteiger partial charge in [-0.25, -0.2) is 13.6 Å². The molecular weight excluding hydrogens is 311 g/mol. The van der Waals surface area contributed by atoms with E-state index in [1.165, 1.54) is 19.1 Å². The highest BCUT2D eigenvalue weighted by atomic mass is 32.2. The van der Waals surface area contributed by atoms with Gasteiger partial charge >= 0.3 is 6.18 Å². The minimum atomic E-state index is -4.96. The molecule has 5 N–H and O–H groups in total. The van der Waals surface area contributed by atoms with Gasteiger partial charge in [0.15, 0.2) is 5.54 Å². The van der Waals surface area contributed by atoms with Gasteiger partial charge in [-0.3, -0.25) is 4.79 Å². The fourth-order valence-electron chi connectivity index (χ4n) is 1.29. The number of hydrogen-bond acceptors (Lipinski definition) is 4. The smallest absolute Gasteiger partial charge is 0.324 e. The minimum Gasteiger partial charge on any atom is -0.324 e. The summed E-state index contributed by atoms with van der Waals surface area (Å²) in [6, 6.07) is 3.44. The predicted octanol–water partition coefficient (Wildman–Crippen LogP) is 0.861. The molecular formula is C11H14F3N3O3S. The van der Waals surface area contributed by atoms with Gasteiger partial charge in [0, 0.05) is 5.69 Å². The van der Waals surface area contributed by atoms with Crippen LogP contribution >= 0.6 is 0 Å². The number of primary sulfonamides is 1. The Bertz CT molecular complexity index is 669. The van der Waals surface area contributed by atoms with E-state index in [4.69, 9.17) is 10.9 Å². The lowest BCUT2D eigenvalue weighted by atomic mass is 10.0. The molecule has 1 atom stereocenters. The van der Waals surface area contributed by atoms with E-state index < -0.39 is 27.6 Å². The lowest BCUT2D eigenvalue weighted by Gasteiger charge is -2.26. The van der Waals surface area contributed by atoms with Crippen molar-refractivity contribution in [3.8, 4) is 0 Å². The van der Waals surface area contributed by atoms with Crippen molar-refractivity contribution in [1.29, 1.82) is 0 Å². The fourth-order valence-corrected chi connectivity index (χ4v) is 1.83. The summed E-state index contributed by atoms with van der Waals surface area (Å²) in [5, 5.41) is 6.88. The Morgan fingerprint density at radius 3 is 2.24 bits per heavy atom. The minimum absolute atomic E-state index is 0.118. The van der Waals surface area contributed by atoms with E-state index in [2.05, 4.69) is 0 Å². The maximum Gasteiger partial charge on any atom is 0.415 e. The van der Waals surface area contributed by atoms with E-state index in [-0.39, 0.29) is 10.6 Å². The maximum absolute atomic E-state index is 12.7. The average molecular weight is 325 g/mol. The third-order valence-corrected chi connectivity index (χ3v) is 3.76. The summed E-state index contributed by atoms with van der Waals surface area (Å²) >= 11 is 0. The molecule has 6 nitrogen and oxygen atoms in total. The number of anilines is 1. The number of sulfonamides is 1. The molecule has 1 amide bonds. The number of carbonyl (C=O) groups is 1. The van der Waals surface area contributed by atoms with Crippen LogP contribution in [0.4, 0.5) is 18.9 Å². The van der Waals surface area contributed by atoms with Crippen molar-refractivity contribution in [2.24, 2.45) is 10.9 Å². The summed E-state index contributed by atoms with van der Waals surface area (Å²) in [6.45, 7) is 1.99. The van der Waals surface area contributed by atoms with Crippen LogP contribution in [0.5, 0.6) is 0 Å². The second-order valence-corrected chi connectivity index (χ2v) is 6.24. The summed E-state index contributed by atoms with van der Waals surface area (Å²) in [6.07, 6.45) is -4.96. The number of rotatable bonds is 3. The van der Waals surface area contributed by atoms with Crippen LogP contribution in [0.15, 0.2) is 23.1 Å². The van der Waals surface area contributed by atoms with Crippen LogP contribution in [0.3, 0.4) is 0 Å².